The Kier molecular flexibility index (Phi) is 5.72. The van der Waals surface area contributed by atoms with E-state index in [0.29, 0.717) is 38.7 Å². The van der Waals surface area contributed by atoms with Crippen molar-refractivity contribution in [3.05, 3.63) is 82.2 Å². The van der Waals surface area contributed by atoms with Crippen LogP contribution in [0.4, 0.5) is 0 Å². The molecule has 33 heavy (non-hydrogen) atoms. The number of carboxylic acid groups (broad SMARTS) is 1. The topological polar surface area (TPSA) is 85.3 Å². The van der Waals surface area contributed by atoms with Gasteiger partial charge in [0.15, 0.2) is 5.76 Å². The van der Waals surface area contributed by atoms with Crippen molar-refractivity contribution in [3.8, 4) is 11.3 Å². The number of carbonyl (C=O) groups is 2. The third kappa shape index (κ3) is 4.10. The molecule has 0 fully saturated rings. The molecule has 0 amide bonds. The smallest absolute Gasteiger partial charge is 0.328 e. The Morgan fingerprint density at radius 1 is 1.12 bits per heavy atom. The van der Waals surface area contributed by atoms with E-state index >= 15 is 0 Å². The summed E-state index contributed by atoms with van der Waals surface area (Å²) in [6, 6.07) is 12.7. The molecule has 0 spiro atoms. The van der Waals surface area contributed by atoms with Gasteiger partial charge in [-0.15, -0.1) is 0 Å². The van der Waals surface area contributed by atoms with Crippen LogP contribution in [0, 0.1) is 6.92 Å². The van der Waals surface area contributed by atoms with E-state index in [0.717, 1.165) is 17.0 Å². The molecular formula is C26H23ClN2O4. The summed E-state index contributed by atoms with van der Waals surface area (Å²) in [5, 5.41) is 14.5. The monoisotopic (exact) mass is 462 g/mol. The number of aromatic nitrogens is 2. The van der Waals surface area contributed by atoms with Crippen LogP contribution in [-0.4, -0.2) is 26.7 Å². The first kappa shape index (κ1) is 22.6. The molecule has 6 nitrogen and oxygen atoms in total. The van der Waals surface area contributed by atoms with Gasteiger partial charge < -0.3 is 9.63 Å². The van der Waals surface area contributed by atoms with Gasteiger partial charge in [0.25, 0.3) is 5.91 Å². The first-order valence-electron chi connectivity index (χ1n) is 10.4. The number of aryl methyl sites for hydroxylation is 1. The van der Waals surface area contributed by atoms with Gasteiger partial charge in [-0.05, 0) is 42.3 Å². The maximum absolute atomic E-state index is 14.0. The molecule has 0 unspecified atom stereocenters. The lowest BCUT2D eigenvalue weighted by molar-refractivity contribution is -0.131. The van der Waals surface area contributed by atoms with E-state index < -0.39 is 11.4 Å². The van der Waals surface area contributed by atoms with Crippen LogP contribution in [0.15, 0.2) is 59.3 Å². The number of hydrogen-bond acceptors (Lipinski definition) is 4. The molecule has 0 atom stereocenters. The number of nitrogens with zero attached hydrogens (tertiary/aromatic N) is 2. The predicted octanol–water partition coefficient (Wildman–Crippen LogP) is 6.34. The minimum Gasteiger partial charge on any atom is -0.478 e. The number of carboxylic acids is 1. The van der Waals surface area contributed by atoms with Crippen LogP contribution in [0.2, 0.25) is 5.02 Å². The zero-order chi connectivity index (χ0) is 23.9. The molecule has 0 aliphatic rings. The van der Waals surface area contributed by atoms with Gasteiger partial charge in [0.2, 0.25) is 0 Å². The quantitative estimate of drug-likeness (QED) is 0.357. The van der Waals surface area contributed by atoms with Gasteiger partial charge >= 0.3 is 5.97 Å². The molecule has 2 aromatic heterocycles. The maximum atomic E-state index is 14.0. The highest BCUT2D eigenvalue weighted by molar-refractivity contribution is 6.33. The van der Waals surface area contributed by atoms with Gasteiger partial charge in [0.1, 0.15) is 11.3 Å². The molecule has 4 aromatic rings. The SMILES string of the molecule is Cc1cccc(Cl)c1-c1noc(C(C)(C)C)c1C(=O)n1ccc2c(/C=C/C(=O)O)cccc21. The second-order valence-electron chi connectivity index (χ2n) is 8.86. The first-order chi connectivity index (χ1) is 15.6. The predicted molar refractivity (Wildman–Crippen MR) is 129 cm³/mol. The van der Waals surface area contributed by atoms with Crippen LogP contribution in [0.3, 0.4) is 0 Å². The number of fused-ring (bicyclic) bond motifs is 1. The summed E-state index contributed by atoms with van der Waals surface area (Å²) >= 11 is 6.51. The number of hydrogen-bond donors (Lipinski definition) is 1. The summed E-state index contributed by atoms with van der Waals surface area (Å²) in [6.07, 6.45) is 4.26. The molecule has 168 valence electrons. The zero-order valence-corrected chi connectivity index (χ0v) is 19.5. The highest BCUT2D eigenvalue weighted by Crippen LogP contribution is 2.38. The highest BCUT2D eigenvalue weighted by atomic mass is 35.5. The maximum Gasteiger partial charge on any atom is 0.328 e. The van der Waals surface area contributed by atoms with E-state index in [-0.39, 0.29) is 5.91 Å². The second kappa shape index (κ2) is 8.37. The van der Waals surface area contributed by atoms with Gasteiger partial charge in [-0.25, -0.2) is 4.79 Å². The minimum atomic E-state index is -1.04. The number of rotatable bonds is 4. The van der Waals surface area contributed by atoms with Crippen molar-refractivity contribution in [2.75, 3.05) is 0 Å². The summed E-state index contributed by atoms with van der Waals surface area (Å²) in [5.74, 6) is -0.878. The third-order valence-corrected chi connectivity index (χ3v) is 5.75. The van der Waals surface area contributed by atoms with E-state index in [1.54, 1.807) is 30.5 Å². The van der Waals surface area contributed by atoms with E-state index in [4.69, 9.17) is 21.2 Å². The van der Waals surface area contributed by atoms with Crippen molar-refractivity contribution >= 4 is 40.5 Å². The largest absolute Gasteiger partial charge is 0.478 e. The molecule has 0 bridgehead atoms. The fourth-order valence-corrected chi connectivity index (χ4v) is 4.21. The Morgan fingerprint density at radius 2 is 1.85 bits per heavy atom. The Balaban J connectivity index is 1.94. The van der Waals surface area contributed by atoms with Crippen molar-refractivity contribution in [1.82, 2.24) is 9.72 Å². The Hall–Kier alpha value is -3.64. The van der Waals surface area contributed by atoms with Crippen LogP contribution < -0.4 is 0 Å². The average Bonchev–Trinajstić information content (AvgIpc) is 3.36. The fraction of sp³-hybridized carbons (Fsp3) is 0.192. The molecule has 0 aliphatic heterocycles. The van der Waals surface area contributed by atoms with Crippen LogP contribution in [0.25, 0.3) is 28.2 Å². The second-order valence-corrected chi connectivity index (χ2v) is 9.27. The van der Waals surface area contributed by atoms with E-state index in [1.807, 2.05) is 45.9 Å². The molecule has 4 rings (SSSR count). The van der Waals surface area contributed by atoms with E-state index in [9.17, 15) is 9.59 Å². The number of aliphatic carboxylic acids is 1. The van der Waals surface area contributed by atoms with Gasteiger partial charge in [0, 0.05) is 28.6 Å². The lowest BCUT2D eigenvalue weighted by atomic mass is 9.88. The summed E-state index contributed by atoms with van der Waals surface area (Å²) in [4.78, 5) is 24.9. The van der Waals surface area contributed by atoms with Gasteiger partial charge in [-0.2, -0.15) is 0 Å². The van der Waals surface area contributed by atoms with Crippen LogP contribution >= 0.6 is 11.6 Å². The minimum absolute atomic E-state index is 0.301. The van der Waals surface area contributed by atoms with Crippen molar-refractivity contribution in [2.24, 2.45) is 0 Å². The molecule has 7 heteroatoms. The third-order valence-electron chi connectivity index (χ3n) is 5.44. The van der Waals surface area contributed by atoms with Gasteiger partial charge in [-0.1, -0.05) is 61.8 Å². The summed E-state index contributed by atoms with van der Waals surface area (Å²) in [7, 11) is 0. The zero-order valence-electron chi connectivity index (χ0n) is 18.7. The normalized spacial score (nSPS) is 12.0. The van der Waals surface area contributed by atoms with Crippen LogP contribution in [0.1, 0.15) is 48.0 Å². The number of carbonyl (C=O) groups excluding carboxylic acids is 1. The summed E-state index contributed by atoms with van der Waals surface area (Å²) in [6.45, 7) is 7.77. The Bertz CT molecular complexity index is 1400. The summed E-state index contributed by atoms with van der Waals surface area (Å²) < 4.78 is 7.26. The van der Waals surface area contributed by atoms with Crippen LogP contribution in [-0.2, 0) is 10.2 Å². The standard InChI is InChI=1S/C26H23ClN2O4/c1-15-7-5-9-18(27)21(15)23-22(24(33-28-23)26(2,3)4)25(32)29-14-13-17-16(11-12-20(30)31)8-6-10-19(17)29/h5-14H,1-4H3,(H,30,31)/b12-11+. The number of benzene rings is 2. The average molecular weight is 463 g/mol. The molecule has 2 heterocycles. The van der Waals surface area contributed by atoms with E-state index in [1.165, 1.54) is 10.6 Å². The lowest BCUT2D eigenvalue weighted by Gasteiger charge is -2.17. The Labute approximate surface area is 196 Å². The molecule has 0 saturated heterocycles. The van der Waals surface area contributed by atoms with E-state index in [2.05, 4.69) is 5.16 Å². The van der Waals surface area contributed by atoms with Crippen molar-refractivity contribution in [3.63, 3.8) is 0 Å². The fourth-order valence-electron chi connectivity index (χ4n) is 3.90. The molecule has 1 N–H and O–H groups in total. The van der Waals surface area contributed by atoms with Crippen molar-refractivity contribution in [2.45, 2.75) is 33.1 Å². The molecule has 0 saturated carbocycles. The lowest BCUT2D eigenvalue weighted by Crippen LogP contribution is -2.19. The molecule has 0 aliphatic carbocycles. The number of halogens is 1. The molecule has 2 aromatic carbocycles. The Morgan fingerprint density at radius 3 is 2.52 bits per heavy atom. The van der Waals surface area contributed by atoms with Gasteiger partial charge in [-0.3, -0.25) is 9.36 Å². The summed E-state index contributed by atoms with van der Waals surface area (Å²) in [5.41, 5.74) is 3.15. The van der Waals surface area contributed by atoms with Crippen LogP contribution in [0.5, 0.6) is 0 Å². The first-order valence-corrected chi connectivity index (χ1v) is 10.8. The molecule has 0 radical (unpaired) electrons. The van der Waals surface area contributed by atoms with Gasteiger partial charge in [0.05, 0.1) is 10.5 Å². The highest BCUT2D eigenvalue weighted by Gasteiger charge is 2.33. The van der Waals surface area contributed by atoms with Crippen molar-refractivity contribution < 1.29 is 19.2 Å². The van der Waals surface area contributed by atoms with Crippen molar-refractivity contribution in [1.29, 1.82) is 0 Å². The molecular weight excluding hydrogens is 440 g/mol.